The first-order chi connectivity index (χ1) is 8.78. The van der Waals surface area contributed by atoms with E-state index in [1.165, 1.54) is 38.5 Å². The number of fused-ring (bicyclic) bond motifs is 2. The maximum atomic E-state index is 6.01. The van der Waals surface area contributed by atoms with Gasteiger partial charge in [0.05, 0.1) is 6.10 Å². The summed E-state index contributed by atoms with van der Waals surface area (Å²) in [5, 5.41) is 3.72. The molecule has 104 valence electrons. The van der Waals surface area contributed by atoms with Crippen molar-refractivity contribution in [2.24, 2.45) is 23.7 Å². The van der Waals surface area contributed by atoms with Crippen LogP contribution in [-0.2, 0) is 4.74 Å². The molecule has 2 bridgehead atoms. The largest absolute Gasteiger partial charge is 0.376 e. The Hall–Kier alpha value is -0.0800. The van der Waals surface area contributed by atoms with E-state index < -0.39 is 0 Å². The standard InChI is InChI=1S/C16H29NO/c1-3-17-15(16-11(2)6-7-18-16)10-14-9-12-4-5-13(14)8-12/h11-17H,3-10H2,1-2H3. The first-order valence-electron chi connectivity index (χ1n) is 8.13. The molecular formula is C16H29NO. The van der Waals surface area contributed by atoms with Crippen molar-refractivity contribution in [3.8, 4) is 0 Å². The molecule has 6 unspecified atom stereocenters. The molecule has 2 saturated carbocycles. The molecule has 0 aromatic rings. The van der Waals surface area contributed by atoms with Gasteiger partial charge in [0, 0.05) is 12.6 Å². The fourth-order valence-electron chi connectivity index (χ4n) is 4.82. The zero-order valence-electron chi connectivity index (χ0n) is 12.0. The van der Waals surface area contributed by atoms with E-state index in [-0.39, 0.29) is 0 Å². The fraction of sp³-hybridized carbons (Fsp3) is 1.00. The van der Waals surface area contributed by atoms with Crippen LogP contribution in [0, 0.1) is 23.7 Å². The van der Waals surface area contributed by atoms with Gasteiger partial charge >= 0.3 is 0 Å². The third-order valence-electron chi connectivity index (χ3n) is 5.75. The molecule has 3 fully saturated rings. The van der Waals surface area contributed by atoms with Crippen molar-refractivity contribution in [2.75, 3.05) is 13.2 Å². The molecule has 3 rings (SSSR count). The Morgan fingerprint density at radius 1 is 1.22 bits per heavy atom. The fourth-order valence-corrected chi connectivity index (χ4v) is 4.82. The van der Waals surface area contributed by atoms with Gasteiger partial charge in [-0.2, -0.15) is 0 Å². The van der Waals surface area contributed by atoms with Gasteiger partial charge in [-0.1, -0.05) is 20.3 Å². The van der Waals surface area contributed by atoms with Gasteiger partial charge in [0.2, 0.25) is 0 Å². The van der Waals surface area contributed by atoms with Crippen LogP contribution in [0.15, 0.2) is 0 Å². The van der Waals surface area contributed by atoms with E-state index >= 15 is 0 Å². The van der Waals surface area contributed by atoms with Crippen LogP contribution < -0.4 is 5.32 Å². The number of rotatable bonds is 5. The Bertz CT molecular complexity index is 280. The molecule has 2 heteroatoms. The van der Waals surface area contributed by atoms with E-state index in [0.717, 1.165) is 36.8 Å². The molecule has 2 aliphatic carbocycles. The second-order valence-corrected chi connectivity index (χ2v) is 6.94. The molecule has 0 amide bonds. The quantitative estimate of drug-likeness (QED) is 0.810. The van der Waals surface area contributed by atoms with Crippen molar-refractivity contribution in [1.82, 2.24) is 5.32 Å². The summed E-state index contributed by atoms with van der Waals surface area (Å²) in [5.74, 6) is 3.86. The van der Waals surface area contributed by atoms with Gasteiger partial charge in [-0.3, -0.25) is 0 Å². The highest BCUT2D eigenvalue weighted by atomic mass is 16.5. The predicted octanol–water partition coefficient (Wildman–Crippen LogP) is 3.22. The highest BCUT2D eigenvalue weighted by Crippen LogP contribution is 2.50. The molecule has 0 aromatic carbocycles. The third kappa shape index (κ3) is 2.46. The minimum Gasteiger partial charge on any atom is -0.376 e. The summed E-state index contributed by atoms with van der Waals surface area (Å²) in [6.07, 6.45) is 9.16. The number of hydrogen-bond acceptors (Lipinski definition) is 2. The Kier molecular flexibility index (Phi) is 3.95. The number of nitrogens with one attached hydrogen (secondary N) is 1. The average Bonchev–Trinajstić information content (AvgIpc) is 3.04. The molecular weight excluding hydrogens is 222 g/mol. The van der Waals surface area contributed by atoms with Crippen LogP contribution in [-0.4, -0.2) is 25.3 Å². The molecule has 2 nitrogen and oxygen atoms in total. The van der Waals surface area contributed by atoms with Crippen molar-refractivity contribution in [3.63, 3.8) is 0 Å². The topological polar surface area (TPSA) is 21.3 Å². The summed E-state index contributed by atoms with van der Waals surface area (Å²) < 4.78 is 6.01. The predicted molar refractivity (Wildman–Crippen MR) is 74.5 cm³/mol. The van der Waals surface area contributed by atoms with Crippen molar-refractivity contribution in [2.45, 2.75) is 64.5 Å². The lowest BCUT2D eigenvalue weighted by Gasteiger charge is -2.32. The molecule has 6 atom stereocenters. The second kappa shape index (κ2) is 5.50. The van der Waals surface area contributed by atoms with Gasteiger partial charge in [0.25, 0.3) is 0 Å². The first-order valence-corrected chi connectivity index (χ1v) is 8.13. The number of hydrogen-bond donors (Lipinski definition) is 1. The highest BCUT2D eigenvalue weighted by molar-refractivity contribution is 4.94. The van der Waals surface area contributed by atoms with E-state index in [1.807, 2.05) is 0 Å². The molecule has 1 saturated heterocycles. The normalized spacial score (nSPS) is 44.7. The lowest BCUT2D eigenvalue weighted by molar-refractivity contribution is 0.0496. The van der Waals surface area contributed by atoms with Crippen LogP contribution in [0.2, 0.25) is 0 Å². The summed E-state index contributed by atoms with van der Waals surface area (Å²) in [6.45, 7) is 6.65. The van der Waals surface area contributed by atoms with Crippen LogP contribution in [0.25, 0.3) is 0 Å². The molecule has 0 spiro atoms. The Morgan fingerprint density at radius 2 is 2.11 bits per heavy atom. The smallest absolute Gasteiger partial charge is 0.0754 e. The molecule has 1 heterocycles. The summed E-state index contributed by atoms with van der Waals surface area (Å²) >= 11 is 0. The minimum atomic E-state index is 0.476. The second-order valence-electron chi connectivity index (χ2n) is 6.94. The maximum Gasteiger partial charge on any atom is 0.0754 e. The number of likely N-dealkylation sites (N-methyl/N-ethyl adjacent to an activating group) is 1. The third-order valence-corrected chi connectivity index (χ3v) is 5.75. The van der Waals surface area contributed by atoms with Crippen LogP contribution in [0.3, 0.4) is 0 Å². The van der Waals surface area contributed by atoms with Crippen LogP contribution in [0.4, 0.5) is 0 Å². The highest BCUT2D eigenvalue weighted by Gasteiger charge is 2.42. The monoisotopic (exact) mass is 251 g/mol. The van der Waals surface area contributed by atoms with Gasteiger partial charge in [-0.25, -0.2) is 0 Å². The van der Waals surface area contributed by atoms with Crippen LogP contribution in [0.5, 0.6) is 0 Å². The molecule has 0 radical (unpaired) electrons. The zero-order valence-corrected chi connectivity index (χ0v) is 12.0. The summed E-state index contributed by atoms with van der Waals surface area (Å²) in [5.41, 5.74) is 0. The lowest BCUT2D eigenvalue weighted by atomic mass is 9.81. The Balaban J connectivity index is 1.59. The van der Waals surface area contributed by atoms with Gasteiger partial charge in [0.1, 0.15) is 0 Å². The summed E-state index contributed by atoms with van der Waals surface area (Å²) in [6, 6.07) is 0.608. The van der Waals surface area contributed by atoms with E-state index in [4.69, 9.17) is 4.74 Å². The molecule has 3 aliphatic rings. The Morgan fingerprint density at radius 3 is 2.67 bits per heavy atom. The molecule has 1 N–H and O–H groups in total. The lowest BCUT2D eigenvalue weighted by Crippen LogP contribution is -2.44. The average molecular weight is 251 g/mol. The van der Waals surface area contributed by atoms with Crippen LogP contribution >= 0.6 is 0 Å². The minimum absolute atomic E-state index is 0.476. The van der Waals surface area contributed by atoms with Crippen molar-refractivity contribution >= 4 is 0 Å². The maximum absolute atomic E-state index is 6.01. The van der Waals surface area contributed by atoms with Crippen molar-refractivity contribution in [3.05, 3.63) is 0 Å². The summed E-state index contributed by atoms with van der Waals surface area (Å²) in [4.78, 5) is 0. The number of ether oxygens (including phenoxy) is 1. The van der Waals surface area contributed by atoms with Gasteiger partial charge in [0.15, 0.2) is 0 Å². The van der Waals surface area contributed by atoms with E-state index in [9.17, 15) is 0 Å². The zero-order chi connectivity index (χ0) is 12.5. The van der Waals surface area contributed by atoms with E-state index in [1.54, 1.807) is 0 Å². The molecule has 0 aromatic heterocycles. The van der Waals surface area contributed by atoms with Crippen molar-refractivity contribution in [1.29, 1.82) is 0 Å². The molecule has 1 aliphatic heterocycles. The van der Waals surface area contributed by atoms with Crippen molar-refractivity contribution < 1.29 is 4.74 Å². The van der Waals surface area contributed by atoms with Gasteiger partial charge in [-0.05, 0) is 62.3 Å². The molecule has 18 heavy (non-hydrogen) atoms. The first kappa shape index (κ1) is 12.9. The van der Waals surface area contributed by atoms with Gasteiger partial charge in [-0.15, -0.1) is 0 Å². The van der Waals surface area contributed by atoms with Crippen LogP contribution in [0.1, 0.15) is 52.4 Å². The van der Waals surface area contributed by atoms with Gasteiger partial charge < -0.3 is 10.1 Å². The van der Waals surface area contributed by atoms with E-state index in [2.05, 4.69) is 19.2 Å². The summed E-state index contributed by atoms with van der Waals surface area (Å²) in [7, 11) is 0. The van der Waals surface area contributed by atoms with E-state index in [0.29, 0.717) is 12.1 Å². The SMILES string of the molecule is CCNC(CC1CC2CCC1C2)C1OCCC1C. The Labute approximate surface area is 112 Å².